The lowest BCUT2D eigenvalue weighted by Gasteiger charge is -2.26. The van der Waals surface area contributed by atoms with Crippen molar-refractivity contribution in [3.8, 4) is 0 Å². The third kappa shape index (κ3) is 6.12. The molecule has 1 N–H and O–H groups in total. The van der Waals surface area contributed by atoms with Crippen LogP contribution >= 0.6 is 11.6 Å². The number of nitrogens with zero attached hydrogens (tertiary/aromatic N) is 1. The van der Waals surface area contributed by atoms with Crippen molar-refractivity contribution in [2.75, 3.05) is 18.1 Å². The summed E-state index contributed by atoms with van der Waals surface area (Å²) in [5.74, 6) is -0.159. The molecule has 0 saturated heterocycles. The molecule has 0 aliphatic carbocycles. The first-order valence-electron chi connectivity index (χ1n) is 8.23. The van der Waals surface area contributed by atoms with Crippen molar-refractivity contribution in [2.45, 2.75) is 31.3 Å². The molecular weight excluding hydrogens is 372 g/mol. The molecule has 0 radical (unpaired) electrons. The van der Waals surface area contributed by atoms with Gasteiger partial charge >= 0.3 is 0 Å². The van der Waals surface area contributed by atoms with E-state index >= 15 is 0 Å². The van der Waals surface area contributed by atoms with Crippen molar-refractivity contribution >= 4 is 33.0 Å². The Labute approximate surface area is 159 Å². The number of carbonyl (C=O) groups excluding carboxylic acids is 1. The number of rotatable bonds is 7. The van der Waals surface area contributed by atoms with Gasteiger partial charge in [0.2, 0.25) is 5.91 Å². The Hall–Kier alpha value is -1.89. The predicted octanol–water partition coefficient (Wildman–Crippen LogP) is 3.59. The molecule has 1 amide bonds. The number of carbonyl (C=O) groups is 1. The molecule has 0 heterocycles. The molecule has 7 heteroatoms. The Morgan fingerprint density at radius 3 is 2.35 bits per heavy atom. The van der Waals surface area contributed by atoms with Crippen molar-refractivity contribution in [1.29, 1.82) is 0 Å². The number of sulfone groups is 1. The molecule has 0 bridgehead atoms. The average molecular weight is 395 g/mol. The molecule has 0 unspecified atom stereocenters. The van der Waals surface area contributed by atoms with Crippen LogP contribution in [0, 0.1) is 0 Å². The van der Waals surface area contributed by atoms with Crippen molar-refractivity contribution < 1.29 is 13.2 Å². The maximum Gasteiger partial charge on any atom is 0.238 e. The maximum absolute atomic E-state index is 12.4. The summed E-state index contributed by atoms with van der Waals surface area (Å²) in [5, 5.41) is 3.47. The lowest BCUT2D eigenvalue weighted by molar-refractivity contribution is -0.117. The van der Waals surface area contributed by atoms with Gasteiger partial charge in [-0.15, -0.1) is 0 Å². The standard InChI is InChI=1S/C19H23ClN2O3S/c1-14(2)22(12-15-5-4-6-16(20)11-15)13-19(23)21-17-7-9-18(10-8-17)26(3,24)25/h4-11,14H,12-13H2,1-3H3,(H,21,23). The van der Waals surface area contributed by atoms with Gasteiger partial charge in [0.05, 0.1) is 11.4 Å². The quantitative estimate of drug-likeness (QED) is 0.779. The van der Waals surface area contributed by atoms with Crippen molar-refractivity contribution in [1.82, 2.24) is 4.90 Å². The topological polar surface area (TPSA) is 66.5 Å². The van der Waals surface area contributed by atoms with E-state index in [1.807, 2.05) is 43.0 Å². The second-order valence-corrected chi connectivity index (χ2v) is 8.93. The molecule has 0 fully saturated rings. The van der Waals surface area contributed by atoms with E-state index in [9.17, 15) is 13.2 Å². The van der Waals surface area contributed by atoms with Gasteiger partial charge in [-0.25, -0.2) is 8.42 Å². The summed E-state index contributed by atoms with van der Waals surface area (Å²) in [5.41, 5.74) is 1.60. The van der Waals surface area contributed by atoms with Crippen LogP contribution in [0.5, 0.6) is 0 Å². The second-order valence-electron chi connectivity index (χ2n) is 6.47. The normalized spacial score (nSPS) is 11.8. The number of anilines is 1. The smallest absolute Gasteiger partial charge is 0.238 e. The fourth-order valence-electron chi connectivity index (χ4n) is 2.46. The van der Waals surface area contributed by atoms with Gasteiger partial charge < -0.3 is 5.32 Å². The van der Waals surface area contributed by atoms with E-state index in [2.05, 4.69) is 5.32 Å². The number of benzene rings is 2. The number of halogens is 1. The summed E-state index contributed by atoms with van der Waals surface area (Å²) < 4.78 is 23.0. The third-order valence-electron chi connectivity index (χ3n) is 3.92. The Balaban J connectivity index is 2.01. The van der Waals surface area contributed by atoms with E-state index in [1.165, 1.54) is 12.1 Å². The zero-order valence-electron chi connectivity index (χ0n) is 15.1. The highest BCUT2D eigenvalue weighted by atomic mass is 35.5. The number of hydrogen-bond acceptors (Lipinski definition) is 4. The van der Waals surface area contributed by atoms with Crippen LogP contribution in [0.15, 0.2) is 53.4 Å². The van der Waals surface area contributed by atoms with Crippen LogP contribution in [-0.4, -0.2) is 38.1 Å². The van der Waals surface area contributed by atoms with Gasteiger partial charge in [0, 0.05) is 29.6 Å². The molecular formula is C19H23ClN2O3S. The second kappa shape index (κ2) is 8.66. The molecule has 2 rings (SSSR count). The zero-order valence-corrected chi connectivity index (χ0v) is 16.6. The van der Waals surface area contributed by atoms with Crippen molar-refractivity contribution in [3.63, 3.8) is 0 Å². The van der Waals surface area contributed by atoms with E-state index in [4.69, 9.17) is 11.6 Å². The van der Waals surface area contributed by atoms with Crippen LogP contribution in [0.3, 0.4) is 0 Å². The summed E-state index contributed by atoms with van der Waals surface area (Å²) in [4.78, 5) is 14.6. The van der Waals surface area contributed by atoms with Gasteiger partial charge in [0.25, 0.3) is 0 Å². The van der Waals surface area contributed by atoms with Crippen LogP contribution in [0.25, 0.3) is 0 Å². The molecule has 0 saturated carbocycles. The number of amides is 1. The van der Waals surface area contributed by atoms with Gasteiger partial charge in [0.15, 0.2) is 9.84 Å². The molecule has 0 aliphatic heterocycles. The molecule has 0 spiro atoms. The van der Waals surface area contributed by atoms with E-state index < -0.39 is 9.84 Å². The van der Waals surface area contributed by atoms with Crippen LogP contribution in [0.4, 0.5) is 5.69 Å². The fraction of sp³-hybridized carbons (Fsp3) is 0.316. The highest BCUT2D eigenvalue weighted by Gasteiger charge is 2.15. The molecule has 2 aromatic carbocycles. The molecule has 2 aromatic rings. The zero-order chi connectivity index (χ0) is 19.3. The van der Waals surface area contributed by atoms with Gasteiger partial charge in [-0.05, 0) is 55.8 Å². The molecule has 140 valence electrons. The third-order valence-corrected chi connectivity index (χ3v) is 5.28. The molecule has 0 atom stereocenters. The van der Waals surface area contributed by atoms with Crippen LogP contribution in [0.1, 0.15) is 19.4 Å². The highest BCUT2D eigenvalue weighted by Crippen LogP contribution is 2.16. The Bertz CT molecular complexity index is 865. The first kappa shape index (κ1) is 20.4. The SMILES string of the molecule is CC(C)N(CC(=O)Nc1ccc(S(C)(=O)=O)cc1)Cc1cccc(Cl)c1. The summed E-state index contributed by atoms with van der Waals surface area (Å²) >= 11 is 6.03. The molecule has 0 aliphatic rings. The van der Waals surface area contributed by atoms with E-state index in [0.29, 0.717) is 17.3 Å². The van der Waals surface area contributed by atoms with Crippen molar-refractivity contribution in [3.05, 3.63) is 59.1 Å². The molecule has 26 heavy (non-hydrogen) atoms. The van der Waals surface area contributed by atoms with Gasteiger partial charge in [-0.3, -0.25) is 9.69 Å². The Morgan fingerprint density at radius 2 is 1.81 bits per heavy atom. The van der Waals surface area contributed by atoms with Crippen LogP contribution < -0.4 is 5.32 Å². The predicted molar refractivity (Wildman–Crippen MR) is 105 cm³/mol. The summed E-state index contributed by atoms with van der Waals surface area (Å²) in [7, 11) is -3.25. The molecule has 5 nitrogen and oxygen atoms in total. The lowest BCUT2D eigenvalue weighted by atomic mass is 10.2. The average Bonchev–Trinajstić information content (AvgIpc) is 2.53. The monoisotopic (exact) mass is 394 g/mol. The van der Waals surface area contributed by atoms with E-state index in [0.717, 1.165) is 11.8 Å². The highest BCUT2D eigenvalue weighted by molar-refractivity contribution is 7.90. The van der Waals surface area contributed by atoms with E-state index in [1.54, 1.807) is 12.1 Å². The fourth-order valence-corrected chi connectivity index (χ4v) is 3.30. The minimum atomic E-state index is -3.25. The van der Waals surface area contributed by atoms with Gasteiger partial charge in [0.1, 0.15) is 0 Å². The summed E-state index contributed by atoms with van der Waals surface area (Å²) in [6.45, 7) is 4.88. The maximum atomic E-state index is 12.4. The summed E-state index contributed by atoms with van der Waals surface area (Å²) in [6.07, 6.45) is 1.15. The molecule has 0 aromatic heterocycles. The first-order valence-corrected chi connectivity index (χ1v) is 10.5. The van der Waals surface area contributed by atoms with Gasteiger partial charge in [-0.2, -0.15) is 0 Å². The minimum Gasteiger partial charge on any atom is -0.325 e. The van der Waals surface area contributed by atoms with Crippen molar-refractivity contribution in [2.24, 2.45) is 0 Å². The van der Waals surface area contributed by atoms with E-state index in [-0.39, 0.29) is 23.4 Å². The number of nitrogens with one attached hydrogen (secondary N) is 1. The Morgan fingerprint density at radius 1 is 1.15 bits per heavy atom. The van der Waals surface area contributed by atoms with Crippen LogP contribution in [0.2, 0.25) is 5.02 Å². The number of hydrogen-bond donors (Lipinski definition) is 1. The first-order chi connectivity index (χ1) is 12.1. The lowest BCUT2D eigenvalue weighted by Crippen LogP contribution is -2.37. The minimum absolute atomic E-state index is 0.159. The Kier molecular flexibility index (Phi) is 6.81. The van der Waals surface area contributed by atoms with Crippen LogP contribution in [-0.2, 0) is 21.2 Å². The van der Waals surface area contributed by atoms with Gasteiger partial charge in [-0.1, -0.05) is 23.7 Å². The largest absolute Gasteiger partial charge is 0.325 e. The summed E-state index contributed by atoms with van der Waals surface area (Å²) in [6, 6.07) is 13.9.